The Bertz CT molecular complexity index is 512. The van der Waals surface area contributed by atoms with E-state index >= 15 is 0 Å². The number of sulfone groups is 1. The summed E-state index contributed by atoms with van der Waals surface area (Å²) in [6.07, 6.45) is 1.11. The highest BCUT2D eigenvalue weighted by Gasteiger charge is 2.23. The Balaban J connectivity index is 1.93. The van der Waals surface area contributed by atoms with Gasteiger partial charge in [-0.15, -0.1) is 0 Å². The first-order valence-electron chi connectivity index (χ1n) is 5.91. The van der Waals surface area contributed by atoms with Gasteiger partial charge in [-0.3, -0.25) is 0 Å². The minimum absolute atomic E-state index is 0.00439. The quantitative estimate of drug-likeness (QED) is 0.618. The maximum atomic E-state index is 11.3. The van der Waals surface area contributed by atoms with E-state index in [2.05, 4.69) is 10.3 Å². The van der Waals surface area contributed by atoms with Gasteiger partial charge in [-0.25, -0.2) is 13.4 Å². The Kier molecular flexibility index (Phi) is 3.86. The lowest BCUT2D eigenvalue weighted by Crippen LogP contribution is -2.30. The Morgan fingerprint density at radius 1 is 1.22 bits per heavy atom. The van der Waals surface area contributed by atoms with Crippen LogP contribution in [0.1, 0.15) is 12.8 Å². The zero-order valence-electron chi connectivity index (χ0n) is 10.0. The van der Waals surface area contributed by atoms with Crippen LogP contribution in [0.2, 0.25) is 0 Å². The van der Waals surface area contributed by atoms with Gasteiger partial charge in [0.25, 0.3) is 0 Å². The van der Waals surface area contributed by atoms with Gasteiger partial charge >= 0.3 is 0 Å². The van der Waals surface area contributed by atoms with Crippen LogP contribution in [-0.4, -0.2) is 31.9 Å². The maximum Gasteiger partial charge on any atom is 0.193 e. The Hall–Kier alpha value is -1.56. The molecule has 1 heterocycles. The van der Waals surface area contributed by atoms with Crippen LogP contribution in [0.15, 0.2) is 35.3 Å². The number of anilines is 1. The van der Waals surface area contributed by atoms with Crippen molar-refractivity contribution in [2.45, 2.75) is 18.9 Å². The van der Waals surface area contributed by atoms with Crippen molar-refractivity contribution in [3.63, 3.8) is 0 Å². The van der Waals surface area contributed by atoms with Crippen LogP contribution >= 0.6 is 0 Å². The third-order valence-corrected chi connectivity index (χ3v) is 4.61. The van der Waals surface area contributed by atoms with Crippen molar-refractivity contribution in [3.8, 4) is 0 Å². The van der Waals surface area contributed by atoms with Crippen LogP contribution in [0.25, 0.3) is 0 Å². The van der Waals surface area contributed by atoms with E-state index in [1.807, 2.05) is 30.3 Å². The fourth-order valence-corrected chi connectivity index (χ4v) is 3.37. The lowest BCUT2D eigenvalue weighted by molar-refractivity contribution is 0.548. The molecule has 0 amide bonds. The third kappa shape index (κ3) is 3.73. The summed E-state index contributed by atoms with van der Waals surface area (Å²) in [4.78, 5) is 4.32. The van der Waals surface area contributed by atoms with Crippen LogP contribution in [0, 0.1) is 0 Å². The molecular weight excluding hydrogens is 250 g/mol. The van der Waals surface area contributed by atoms with Crippen molar-refractivity contribution in [2.75, 3.05) is 16.8 Å². The molecule has 0 atom stereocenters. The van der Waals surface area contributed by atoms with Crippen LogP contribution in [0.5, 0.6) is 0 Å². The van der Waals surface area contributed by atoms with E-state index in [1.165, 1.54) is 0 Å². The van der Waals surface area contributed by atoms with Crippen molar-refractivity contribution >= 4 is 21.5 Å². The number of nitrogens with zero attached hydrogens (tertiary/aromatic N) is 1. The zero-order chi connectivity index (χ0) is 13.0. The van der Waals surface area contributed by atoms with E-state index < -0.39 is 9.84 Å². The van der Waals surface area contributed by atoms with Gasteiger partial charge in [0.1, 0.15) is 9.84 Å². The molecule has 2 rings (SSSR count). The van der Waals surface area contributed by atoms with Crippen LogP contribution in [0.3, 0.4) is 0 Å². The average Bonchev–Trinajstić information content (AvgIpc) is 2.33. The highest BCUT2D eigenvalue weighted by atomic mass is 32.2. The van der Waals surface area contributed by atoms with Crippen LogP contribution in [0.4, 0.5) is 5.69 Å². The molecule has 1 aliphatic heterocycles. The number of guanidine groups is 1. The molecule has 1 fully saturated rings. The summed E-state index contributed by atoms with van der Waals surface area (Å²) in [5.74, 6) is 0.755. The van der Waals surface area contributed by atoms with Crippen LogP contribution < -0.4 is 11.1 Å². The summed E-state index contributed by atoms with van der Waals surface area (Å²) >= 11 is 0. The molecule has 1 aliphatic rings. The summed E-state index contributed by atoms with van der Waals surface area (Å²) in [5, 5.41) is 2.99. The first kappa shape index (κ1) is 12.9. The number of nitrogens with one attached hydrogen (secondary N) is 1. The Morgan fingerprint density at radius 2 is 1.83 bits per heavy atom. The lowest BCUT2D eigenvalue weighted by Gasteiger charge is -2.19. The van der Waals surface area contributed by atoms with Gasteiger partial charge in [-0.05, 0) is 25.0 Å². The molecule has 3 N–H and O–H groups in total. The van der Waals surface area contributed by atoms with Gasteiger partial charge in [0, 0.05) is 5.69 Å². The maximum absolute atomic E-state index is 11.3. The summed E-state index contributed by atoms with van der Waals surface area (Å²) in [6.45, 7) is 0. The average molecular weight is 267 g/mol. The van der Waals surface area contributed by atoms with E-state index in [0.717, 1.165) is 5.69 Å². The number of nitrogens with two attached hydrogens (primary N) is 1. The smallest absolute Gasteiger partial charge is 0.193 e. The summed E-state index contributed by atoms with van der Waals surface area (Å²) in [6, 6.07) is 9.53. The minimum Gasteiger partial charge on any atom is -0.370 e. The fourth-order valence-electron chi connectivity index (χ4n) is 1.91. The lowest BCUT2D eigenvalue weighted by atomic mass is 10.2. The van der Waals surface area contributed by atoms with E-state index in [4.69, 9.17) is 5.73 Å². The molecule has 6 heteroatoms. The molecule has 0 saturated carbocycles. The SMILES string of the molecule is NC(=NC1CCS(=O)(=O)CC1)Nc1ccccc1. The van der Waals surface area contributed by atoms with Crippen molar-refractivity contribution in [1.82, 2.24) is 0 Å². The molecule has 0 spiro atoms. The van der Waals surface area contributed by atoms with Gasteiger partial charge < -0.3 is 11.1 Å². The second kappa shape index (κ2) is 5.39. The predicted octanol–water partition coefficient (Wildman–Crippen LogP) is 0.990. The standard InChI is InChI=1S/C12H17N3O2S/c13-12(14-10-4-2-1-3-5-10)15-11-6-8-18(16,17)9-7-11/h1-5,11H,6-9H2,(H3,13,14,15). The number of para-hydroxylation sites is 1. The molecular formula is C12H17N3O2S. The summed E-state index contributed by atoms with van der Waals surface area (Å²) in [5.41, 5.74) is 6.67. The molecule has 1 aromatic rings. The number of aliphatic imine (C=N–C) groups is 1. The number of rotatable bonds is 2. The zero-order valence-corrected chi connectivity index (χ0v) is 10.9. The molecule has 5 nitrogen and oxygen atoms in total. The van der Waals surface area contributed by atoms with Crippen molar-refractivity contribution < 1.29 is 8.42 Å². The molecule has 1 aromatic carbocycles. The Morgan fingerprint density at radius 3 is 2.44 bits per heavy atom. The topological polar surface area (TPSA) is 84.5 Å². The largest absolute Gasteiger partial charge is 0.370 e. The summed E-state index contributed by atoms with van der Waals surface area (Å²) in [7, 11) is -2.84. The molecule has 18 heavy (non-hydrogen) atoms. The first-order chi connectivity index (χ1) is 8.55. The van der Waals surface area contributed by atoms with E-state index in [1.54, 1.807) is 0 Å². The molecule has 0 radical (unpaired) electrons. The molecule has 0 unspecified atom stereocenters. The number of hydrogen-bond donors (Lipinski definition) is 2. The molecule has 0 aliphatic carbocycles. The monoisotopic (exact) mass is 267 g/mol. The Labute approximate surface area is 107 Å². The second-order valence-electron chi connectivity index (χ2n) is 4.39. The van der Waals surface area contributed by atoms with Gasteiger partial charge in [0.05, 0.1) is 17.5 Å². The molecule has 1 saturated heterocycles. The molecule has 0 bridgehead atoms. The van der Waals surface area contributed by atoms with Gasteiger partial charge in [-0.2, -0.15) is 0 Å². The predicted molar refractivity (Wildman–Crippen MR) is 73.4 cm³/mol. The highest BCUT2D eigenvalue weighted by molar-refractivity contribution is 7.91. The van der Waals surface area contributed by atoms with E-state index in [9.17, 15) is 8.42 Å². The first-order valence-corrected chi connectivity index (χ1v) is 7.73. The fraction of sp³-hybridized carbons (Fsp3) is 0.417. The van der Waals surface area contributed by atoms with E-state index in [0.29, 0.717) is 18.8 Å². The normalized spacial score (nSPS) is 20.6. The van der Waals surface area contributed by atoms with Crippen molar-refractivity contribution in [3.05, 3.63) is 30.3 Å². The number of hydrogen-bond acceptors (Lipinski definition) is 3. The second-order valence-corrected chi connectivity index (χ2v) is 6.69. The third-order valence-electron chi connectivity index (χ3n) is 2.89. The van der Waals surface area contributed by atoms with Crippen molar-refractivity contribution in [2.24, 2.45) is 10.7 Å². The van der Waals surface area contributed by atoms with Gasteiger partial charge in [0.15, 0.2) is 5.96 Å². The summed E-state index contributed by atoms with van der Waals surface area (Å²) < 4.78 is 22.6. The highest BCUT2D eigenvalue weighted by Crippen LogP contribution is 2.15. The van der Waals surface area contributed by atoms with Gasteiger partial charge in [0.2, 0.25) is 0 Å². The number of benzene rings is 1. The molecule has 98 valence electrons. The van der Waals surface area contributed by atoms with E-state index in [-0.39, 0.29) is 17.5 Å². The van der Waals surface area contributed by atoms with Crippen LogP contribution in [-0.2, 0) is 9.84 Å². The van der Waals surface area contributed by atoms with Gasteiger partial charge in [-0.1, -0.05) is 18.2 Å². The minimum atomic E-state index is -2.84. The molecule has 0 aromatic heterocycles. The van der Waals surface area contributed by atoms with Crippen molar-refractivity contribution in [1.29, 1.82) is 0 Å².